The van der Waals surface area contributed by atoms with Crippen molar-refractivity contribution in [3.63, 3.8) is 0 Å². The topological polar surface area (TPSA) is 90.3 Å². The van der Waals surface area contributed by atoms with Crippen molar-refractivity contribution in [2.45, 2.75) is 39.7 Å². The van der Waals surface area contributed by atoms with Crippen molar-refractivity contribution >= 4 is 17.5 Å². The Hall–Kier alpha value is -3.06. The van der Waals surface area contributed by atoms with Gasteiger partial charge in [-0.1, -0.05) is 13.8 Å². The van der Waals surface area contributed by atoms with Gasteiger partial charge in [0.05, 0.1) is 18.8 Å². The fraction of sp³-hybridized carbons (Fsp3) is 0.417. The zero-order valence-corrected chi connectivity index (χ0v) is 18.5. The number of phenolic OH excluding ortho intramolecular Hbond substituents is 2. The smallest absolute Gasteiger partial charge is 0.262 e. The van der Waals surface area contributed by atoms with Crippen molar-refractivity contribution in [3.8, 4) is 11.5 Å². The third-order valence-electron chi connectivity index (χ3n) is 5.42. The van der Waals surface area contributed by atoms with Gasteiger partial charge in [-0.15, -0.1) is 0 Å². The minimum Gasteiger partial charge on any atom is -0.508 e. The Bertz CT molecular complexity index is 947. The summed E-state index contributed by atoms with van der Waals surface area (Å²) in [5, 5.41) is 20.4. The first kappa shape index (κ1) is 22.6. The summed E-state index contributed by atoms with van der Waals surface area (Å²) in [6.45, 7) is 9.78. The van der Waals surface area contributed by atoms with Gasteiger partial charge < -0.3 is 24.7 Å². The maximum atomic E-state index is 13.4. The molecule has 3 rings (SSSR count). The summed E-state index contributed by atoms with van der Waals surface area (Å²) in [6, 6.07) is 9.48. The lowest BCUT2D eigenvalue weighted by atomic mass is 9.98. The van der Waals surface area contributed by atoms with Crippen LogP contribution in [0.15, 0.2) is 36.4 Å². The number of rotatable bonds is 5. The number of aromatic hydroxyl groups is 2. The molecule has 7 heteroatoms. The van der Waals surface area contributed by atoms with Gasteiger partial charge in [-0.3, -0.25) is 9.59 Å². The highest BCUT2D eigenvalue weighted by molar-refractivity contribution is 6.08. The van der Waals surface area contributed by atoms with E-state index >= 15 is 0 Å². The molecule has 0 unspecified atom stereocenters. The van der Waals surface area contributed by atoms with Crippen LogP contribution in [0.5, 0.6) is 11.5 Å². The predicted octanol–water partition coefficient (Wildman–Crippen LogP) is 3.75. The zero-order chi connectivity index (χ0) is 22.7. The predicted molar refractivity (Wildman–Crippen MR) is 119 cm³/mol. The third-order valence-corrected chi connectivity index (χ3v) is 5.42. The second-order valence-electron chi connectivity index (χ2n) is 8.30. The first-order valence-corrected chi connectivity index (χ1v) is 10.6. The van der Waals surface area contributed by atoms with Crippen LogP contribution in [0.3, 0.4) is 0 Å². The van der Waals surface area contributed by atoms with Gasteiger partial charge in [0, 0.05) is 36.4 Å². The lowest BCUT2D eigenvalue weighted by molar-refractivity contribution is 0.0303. The highest BCUT2D eigenvalue weighted by Gasteiger charge is 2.26. The summed E-state index contributed by atoms with van der Waals surface area (Å²) < 4.78 is 5.30. The average molecular weight is 427 g/mol. The Morgan fingerprint density at radius 3 is 2.13 bits per heavy atom. The number of morpholine rings is 1. The van der Waals surface area contributed by atoms with Crippen LogP contribution in [0.25, 0.3) is 0 Å². The summed E-state index contributed by atoms with van der Waals surface area (Å²) in [5.74, 6) is -0.746. The van der Waals surface area contributed by atoms with E-state index in [1.807, 2.05) is 27.7 Å². The minimum absolute atomic E-state index is 0.00914. The molecule has 166 valence electrons. The molecule has 2 N–H and O–H groups in total. The number of ether oxygens (including phenoxy) is 1. The Kier molecular flexibility index (Phi) is 6.85. The van der Waals surface area contributed by atoms with Gasteiger partial charge in [0.1, 0.15) is 11.5 Å². The Labute approximate surface area is 182 Å². The van der Waals surface area contributed by atoms with Crippen LogP contribution >= 0.6 is 0 Å². The molecule has 0 radical (unpaired) electrons. The molecule has 0 bridgehead atoms. The lowest BCUT2D eigenvalue weighted by Gasteiger charge is -2.29. The van der Waals surface area contributed by atoms with Gasteiger partial charge >= 0.3 is 0 Å². The summed E-state index contributed by atoms with van der Waals surface area (Å²) in [7, 11) is 0. The number of anilines is 1. The standard InChI is InChI=1S/C24H30N2O5/c1-15(2)19-13-20(22(28)14-21(19)27)24(30)26(16(3)4)18-7-5-17(6-8-18)23(29)25-9-11-31-12-10-25/h5-8,13-16,27-28H,9-12H2,1-4H3. The van der Waals surface area contributed by atoms with E-state index < -0.39 is 0 Å². The van der Waals surface area contributed by atoms with Gasteiger partial charge in [-0.25, -0.2) is 0 Å². The van der Waals surface area contributed by atoms with E-state index in [4.69, 9.17) is 4.74 Å². The van der Waals surface area contributed by atoms with Gasteiger partial charge in [0.15, 0.2) is 0 Å². The van der Waals surface area contributed by atoms with Gasteiger partial charge in [0.2, 0.25) is 0 Å². The molecule has 0 atom stereocenters. The second kappa shape index (κ2) is 9.39. The molecule has 0 spiro atoms. The molecule has 1 heterocycles. The van der Waals surface area contributed by atoms with Crippen molar-refractivity contribution < 1.29 is 24.5 Å². The zero-order valence-electron chi connectivity index (χ0n) is 18.5. The average Bonchev–Trinajstić information content (AvgIpc) is 2.74. The molecular formula is C24H30N2O5. The SMILES string of the molecule is CC(C)c1cc(C(=O)N(c2ccc(C(=O)N3CCOCC3)cc2)C(C)C)c(O)cc1O. The summed E-state index contributed by atoms with van der Waals surface area (Å²) in [5.41, 5.74) is 1.90. The molecule has 1 aliphatic heterocycles. The van der Waals surface area contributed by atoms with E-state index in [0.29, 0.717) is 43.1 Å². The van der Waals surface area contributed by atoms with Crippen LogP contribution in [0.1, 0.15) is 59.9 Å². The number of hydrogen-bond donors (Lipinski definition) is 2. The van der Waals surface area contributed by atoms with E-state index in [1.54, 1.807) is 40.1 Å². The maximum absolute atomic E-state index is 13.4. The van der Waals surface area contributed by atoms with Gasteiger partial charge in [-0.05, 0) is 55.7 Å². The van der Waals surface area contributed by atoms with E-state index in [2.05, 4.69) is 0 Å². The van der Waals surface area contributed by atoms with Crippen molar-refractivity contribution in [3.05, 3.63) is 53.1 Å². The molecule has 1 fully saturated rings. The normalized spacial score (nSPS) is 14.2. The summed E-state index contributed by atoms with van der Waals surface area (Å²) in [6.07, 6.45) is 0. The molecule has 2 amide bonds. The number of hydrogen-bond acceptors (Lipinski definition) is 5. The number of phenols is 2. The van der Waals surface area contributed by atoms with Crippen molar-refractivity contribution in [2.24, 2.45) is 0 Å². The molecule has 0 saturated carbocycles. The molecule has 2 aromatic carbocycles. The van der Waals surface area contributed by atoms with Crippen LogP contribution in [-0.2, 0) is 4.74 Å². The first-order valence-electron chi connectivity index (χ1n) is 10.6. The third kappa shape index (κ3) is 4.82. The largest absolute Gasteiger partial charge is 0.508 e. The molecular weight excluding hydrogens is 396 g/mol. The Morgan fingerprint density at radius 1 is 0.968 bits per heavy atom. The quantitative estimate of drug-likeness (QED) is 0.760. The van der Waals surface area contributed by atoms with Crippen LogP contribution in [0, 0.1) is 0 Å². The van der Waals surface area contributed by atoms with Gasteiger partial charge in [-0.2, -0.15) is 0 Å². The highest BCUT2D eigenvalue weighted by atomic mass is 16.5. The first-order chi connectivity index (χ1) is 14.7. The van der Waals surface area contributed by atoms with E-state index in [0.717, 1.165) is 0 Å². The number of amides is 2. The molecule has 7 nitrogen and oxygen atoms in total. The molecule has 31 heavy (non-hydrogen) atoms. The van der Waals surface area contributed by atoms with Crippen molar-refractivity contribution in [1.29, 1.82) is 0 Å². The molecule has 0 aliphatic carbocycles. The number of carbonyl (C=O) groups is 2. The number of nitrogens with zero attached hydrogens (tertiary/aromatic N) is 2. The van der Waals surface area contributed by atoms with Crippen LogP contribution in [0.4, 0.5) is 5.69 Å². The monoisotopic (exact) mass is 426 g/mol. The molecule has 0 aromatic heterocycles. The summed E-state index contributed by atoms with van der Waals surface area (Å²) >= 11 is 0. The van der Waals surface area contributed by atoms with Crippen molar-refractivity contribution in [2.75, 3.05) is 31.2 Å². The highest BCUT2D eigenvalue weighted by Crippen LogP contribution is 2.34. The lowest BCUT2D eigenvalue weighted by Crippen LogP contribution is -2.40. The van der Waals surface area contributed by atoms with Crippen molar-refractivity contribution in [1.82, 2.24) is 4.90 Å². The Balaban J connectivity index is 1.89. The molecule has 2 aromatic rings. The fourth-order valence-corrected chi connectivity index (χ4v) is 3.72. The van der Waals surface area contributed by atoms with Crippen LogP contribution < -0.4 is 4.90 Å². The van der Waals surface area contributed by atoms with E-state index in [-0.39, 0.29) is 40.8 Å². The summed E-state index contributed by atoms with van der Waals surface area (Å²) in [4.78, 5) is 29.4. The number of carbonyl (C=O) groups excluding carboxylic acids is 2. The Morgan fingerprint density at radius 2 is 1.58 bits per heavy atom. The van der Waals surface area contributed by atoms with E-state index in [1.165, 1.54) is 6.07 Å². The molecule has 1 aliphatic rings. The second-order valence-corrected chi connectivity index (χ2v) is 8.30. The maximum Gasteiger partial charge on any atom is 0.262 e. The number of benzene rings is 2. The van der Waals surface area contributed by atoms with Crippen LogP contribution in [-0.4, -0.2) is 59.3 Å². The van der Waals surface area contributed by atoms with Crippen LogP contribution in [0.2, 0.25) is 0 Å². The fourth-order valence-electron chi connectivity index (χ4n) is 3.72. The molecule has 1 saturated heterocycles. The van der Waals surface area contributed by atoms with E-state index in [9.17, 15) is 19.8 Å². The van der Waals surface area contributed by atoms with Gasteiger partial charge in [0.25, 0.3) is 11.8 Å². The minimum atomic E-state index is -0.373.